The summed E-state index contributed by atoms with van der Waals surface area (Å²) >= 11 is 0. The molecule has 5 nitrogen and oxygen atoms in total. The highest BCUT2D eigenvalue weighted by atomic mass is 16.5. The van der Waals surface area contributed by atoms with Gasteiger partial charge in [0.25, 0.3) is 0 Å². The summed E-state index contributed by atoms with van der Waals surface area (Å²) in [5, 5.41) is 3.41. The zero-order chi connectivity index (χ0) is 17.4. The summed E-state index contributed by atoms with van der Waals surface area (Å²) in [6.45, 7) is 7.12. The Kier molecular flexibility index (Phi) is 7.37. The van der Waals surface area contributed by atoms with Gasteiger partial charge in [0.15, 0.2) is 5.96 Å². The number of methoxy groups -OCH3 is 1. The fourth-order valence-corrected chi connectivity index (χ4v) is 3.19. The van der Waals surface area contributed by atoms with Gasteiger partial charge in [-0.1, -0.05) is 12.1 Å². The van der Waals surface area contributed by atoms with Crippen molar-refractivity contribution in [1.82, 2.24) is 15.1 Å². The first kappa shape index (κ1) is 18.6. The van der Waals surface area contributed by atoms with Crippen LogP contribution in [0, 0.1) is 5.92 Å². The van der Waals surface area contributed by atoms with Gasteiger partial charge < -0.3 is 19.9 Å². The SMILES string of the molecule is CCNC(=NCC1CCCN(C)C1)N(C)Cc1ccc(OC)cc1. The molecular weight excluding hydrogens is 300 g/mol. The lowest BCUT2D eigenvalue weighted by molar-refractivity contribution is 0.214. The predicted octanol–water partition coefficient (Wildman–Crippen LogP) is 2.43. The average molecular weight is 332 g/mol. The van der Waals surface area contributed by atoms with Gasteiger partial charge in [0.05, 0.1) is 7.11 Å². The molecule has 0 aliphatic carbocycles. The molecule has 0 spiro atoms. The minimum Gasteiger partial charge on any atom is -0.497 e. The van der Waals surface area contributed by atoms with Gasteiger partial charge in [-0.05, 0) is 57.0 Å². The van der Waals surface area contributed by atoms with E-state index >= 15 is 0 Å². The van der Waals surface area contributed by atoms with E-state index < -0.39 is 0 Å². The van der Waals surface area contributed by atoms with Crippen molar-refractivity contribution in [2.24, 2.45) is 10.9 Å². The van der Waals surface area contributed by atoms with Crippen LogP contribution in [-0.2, 0) is 6.54 Å². The van der Waals surface area contributed by atoms with Crippen LogP contribution in [0.4, 0.5) is 0 Å². The number of piperidine rings is 1. The second-order valence-electron chi connectivity index (χ2n) is 6.67. The average Bonchev–Trinajstić information content (AvgIpc) is 2.59. The summed E-state index contributed by atoms with van der Waals surface area (Å²) in [6.07, 6.45) is 2.57. The molecule has 1 aliphatic rings. The third-order valence-corrected chi connectivity index (χ3v) is 4.50. The first-order chi connectivity index (χ1) is 11.6. The number of aliphatic imine (C=N–C) groups is 1. The lowest BCUT2D eigenvalue weighted by Crippen LogP contribution is -2.39. The van der Waals surface area contributed by atoms with Crippen LogP contribution in [-0.4, -0.2) is 63.1 Å². The molecule has 1 fully saturated rings. The van der Waals surface area contributed by atoms with Crippen molar-refractivity contribution in [3.05, 3.63) is 29.8 Å². The molecule has 0 saturated carbocycles. The fraction of sp³-hybridized carbons (Fsp3) is 0.632. The van der Waals surface area contributed by atoms with Crippen LogP contribution in [0.15, 0.2) is 29.3 Å². The summed E-state index contributed by atoms with van der Waals surface area (Å²) in [6, 6.07) is 8.22. The fourth-order valence-electron chi connectivity index (χ4n) is 3.19. The molecule has 5 heteroatoms. The Morgan fingerprint density at radius 1 is 1.38 bits per heavy atom. The normalized spacial score (nSPS) is 19.2. The summed E-state index contributed by atoms with van der Waals surface area (Å²) in [5.41, 5.74) is 1.25. The summed E-state index contributed by atoms with van der Waals surface area (Å²) in [5.74, 6) is 2.55. The zero-order valence-electron chi connectivity index (χ0n) is 15.6. The highest BCUT2D eigenvalue weighted by molar-refractivity contribution is 5.79. The molecule has 0 radical (unpaired) electrons. The Balaban J connectivity index is 1.95. The van der Waals surface area contributed by atoms with Crippen molar-refractivity contribution in [2.75, 3.05) is 47.4 Å². The van der Waals surface area contributed by atoms with Gasteiger partial charge in [-0.3, -0.25) is 4.99 Å². The van der Waals surface area contributed by atoms with Gasteiger partial charge in [0.1, 0.15) is 5.75 Å². The molecule has 1 aliphatic heterocycles. The lowest BCUT2D eigenvalue weighted by atomic mass is 9.99. The van der Waals surface area contributed by atoms with Crippen LogP contribution in [0.1, 0.15) is 25.3 Å². The number of hydrogen-bond donors (Lipinski definition) is 1. The first-order valence-electron chi connectivity index (χ1n) is 8.93. The third-order valence-electron chi connectivity index (χ3n) is 4.50. The second-order valence-corrected chi connectivity index (χ2v) is 6.67. The summed E-state index contributed by atoms with van der Waals surface area (Å²) in [7, 11) is 6.00. The van der Waals surface area contributed by atoms with E-state index in [4.69, 9.17) is 9.73 Å². The van der Waals surface area contributed by atoms with Crippen LogP contribution in [0.2, 0.25) is 0 Å². The van der Waals surface area contributed by atoms with Crippen molar-refractivity contribution < 1.29 is 4.74 Å². The molecule has 0 amide bonds. The maximum atomic E-state index is 5.22. The van der Waals surface area contributed by atoms with E-state index in [2.05, 4.69) is 48.3 Å². The number of ether oxygens (including phenoxy) is 1. The smallest absolute Gasteiger partial charge is 0.193 e. The van der Waals surface area contributed by atoms with E-state index in [1.54, 1.807) is 7.11 Å². The molecule has 1 unspecified atom stereocenters. The summed E-state index contributed by atoms with van der Waals surface area (Å²) < 4.78 is 5.22. The van der Waals surface area contributed by atoms with Crippen molar-refractivity contribution in [1.29, 1.82) is 0 Å². The number of likely N-dealkylation sites (tertiary alicyclic amines) is 1. The maximum Gasteiger partial charge on any atom is 0.193 e. The largest absolute Gasteiger partial charge is 0.497 e. The number of nitrogens with zero attached hydrogens (tertiary/aromatic N) is 3. The van der Waals surface area contributed by atoms with Crippen LogP contribution >= 0.6 is 0 Å². The minimum atomic E-state index is 0.673. The molecule has 134 valence electrons. The van der Waals surface area contributed by atoms with Crippen molar-refractivity contribution in [3.8, 4) is 5.75 Å². The van der Waals surface area contributed by atoms with Gasteiger partial charge >= 0.3 is 0 Å². The lowest BCUT2D eigenvalue weighted by Gasteiger charge is -2.29. The van der Waals surface area contributed by atoms with Crippen molar-refractivity contribution in [3.63, 3.8) is 0 Å². The van der Waals surface area contributed by atoms with E-state index in [-0.39, 0.29) is 0 Å². The second kappa shape index (κ2) is 9.52. The Labute approximate surface area is 146 Å². The Bertz CT molecular complexity index is 515. The van der Waals surface area contributed by atoms with Gasteiger partial charge in [-0.2, -0.15) is 0 Å². The van der Waals surface area contributed by atoms with Crippen molar-refractivity contribution in [2.45, 2.75) is 26.3 Å². The number of hydrogen-bond acceptors (Lipinski definition) is 3. The Hall–Kier alpha value is -1.75. The molecular formula is C19H32N4O. The number of rotatable bonds is 6. The molecule has 1 atom stereocenters. The highest BCUT2D eigenvalue weighted by Gasteiger charge is 2.17. The Morgan fingerprint density at radius 2 is 2.12 bits per heavy atom. The van der Waals surface area contributed by atoms with Gasteiger partial charge in [-0.25, -0.2) is 0 Å². The van der Waals surface area contributed by atoms with E-state index in [9.17, 15) is 0 Å². The van der Waals surface area contributed by atoms with E-state index in [0.29, 0.717) is 5.92 Å². The van der Waals surface area contributed by atoms with Gasteiger partial charge in [-0.15, -0.1) is 0 Å². The molecule has 1 saturated heterocycles. The first-order valence-corrected chi connectivity index (χ1v) is 8.93. The van der Waals surface area contributed by atoms with E-state index in [1.165, 1.54) is 24.9 Å². The monoisotopic (exact) mass is 332 g/mol. The molecule has 0 bridgehead atoms. The summed E-state index contributed by atoms with van der Waals surface area (Å²) in [4.78, 5) is 9.49. The Morgan fingerprint density at radius 3 is 2.75 bits per heavy atom. The van der Waals surface area contributed by atoms with E-state index in [0.717, 1.165) is 37.9 Å². The molecule has 0 aromatic heterocycles. The molecule has 1 N–H and O–H groups in total. The van der Waals surface area contributed by atoms with Crippen LogP contribution in [0.5, 0.6) is 5.75 Å². The quantitative estimate of drug-likeness (QED) is 0.642. The van der Waals surface area contributed by atoms with Crippen LogP contribution in [0.3, 0.4) is 0 Å². The van der Waals surface area contributed by atoms with Crippen LogP contribution < -0.4 is 10.1 Å². The zero-order valence-corrected chi connectivity index (χ0v) is 15.6. The minimum absolute atomic E-state index is 0.673. The molecule has 2 rings (SSSR count). The number of benzene rings is 1. The number of nitrogens with one attached hydrogen (secondary N) is 1. The van der Waals surface area contributed by atoms with Crippen LogP contribution in [0.25, 0.3) is 0 Å². The molecule has 1 heterocycles. The maximum absolute atomic E-state index is 5.22. The number of guanidine groups is 1. The molecule has 1 aromatic carbocycles. The van der Waals surface area contributed by atoms with Crippen molar-refractivity contribution >= 4 is 5.96 Å². The predicted molar refractivity (Wildman–Crippen MR) is 101 cm³/mol. The third kappa shape index (κ3) is 5.71. The standard InChI is InChI=1S/C19H32N4O/c1-5-20-19(21-13-17-7-6-12-22(2)14-17)23(3)15-16-8-10-18(24-4)11-9-16/h8-11,17H,5-7,12-15H2,1-4H3,(H,20,21). The topological polar surface area (TPSA) is 40.1 Å². The molecule has 1 aromatic rings. The van der Waals surface area contributed by atoms with E-state index in [1.807, 2.05) is 12.1 Å². The highest BCUT2D eigenvalue weighted by Crippen LogP contribution is 2.16. The van der Waals surface area contributed by atoms with Gasteiger partial charge in [0, 0.05) is 33.2 Å². The molecule has 24 heavy (non-hydrogen) atoms. The van der Waals surface area contributed by atoms with Gasteiger partial charge in [0.2, 0.25) is 0 Å².